The molecule has 1 aliphatic rings. The molecule has 1 aliphatic heterocycles. The molecule has 0 aliphatic carbocycles. The van der Waals surface area contributed by atoms with Gasteiger partial charge in [-0.3, -0.25) is 4.90 Å². The van der Waals surface area contributed by atoms with E-state index in [1.807, 2.05) is 68.4 Å². The zero-order chi connectivity index (χ0) is 20.9. The lowest BCUT2D eigenvalue weighted by Gasteiger charge is -2.25. The topological polar surface area (TPSA) is 64.3 Å². The molecule has 0 saturated heterocycles. The maximum absolute atomic E-state index is 10.6. The second-order valence-corrected chi connectivity index (χ2v) is 7.60. The van der Waals surface area contributed by atoms with E-state index in [1.165, 1.54) is 0 Å². The summed E-state index contributed by atoms with van der Waals surface area (Å²) in [7, 11) is 0. The van der Waals surface area contributed by atoms with Gasteiger partial charge in [0.05, 0.1) is 6.54 Å². The van der Waals surface area contributed by atoms with E-state index in [-0.39, 0.29) is 13.4 Å². The predicted molar refractivity (Wildman–Crippen MR) is 113 cm³/mol. The number of rotatable bonds is 9. The zero-order valence-corrected chi connectivity index (χ0v) is 17.3. The van der Waals surface area contributed by atoms with Crippen LogP contribution in [0.3, 0.4) is 0 Å². The lowest BCUT2D eigenvalue weighted by molar-refractivity contribution is 0.0601. The molecule has 0 amide bonds. The number of hydrogen-bond acceptors (Lipinski definition) is 6. The average Bonchev–Trinajstić information content (AvgIpc) is 3.35. The number of para-hydroxylation sites is 1. The number of ether oxygens (including phenoxy) is 3. The second-order valence-electron chi connectivity index (χ2n) is 7.60. The Hall–Kier alpha value is -2.96. The van der Waals surface area contributed by atoms with Crippen LogP contribution in [-0.4, -0.2) is 36.1 Å². The minimum Gasteiger partial charge on any atom is -0.491 e. The Morgan fingerprint density at radius 1 is 1.00 bits per heavy atom. The van der Waals surface area contributed by atoms with E-state index in [2.05, 4.69) is 4.90 Å². The van der Waals surface area contributed by atoms with Gasteiger partial charge in [0.2, 0.25) is 6.79 Å². The summed E-state index contributed by atoms with van der Waals surface area (Å²) in [5.41, 5.74) is 2.13. The molecule has 4 rings (SSSR count). The van der Waals surface area contributed by atoms with Crippen LogP contribution in [-0.2, 0) is 13.1 Å². The van der Waals surface area contributed by atoms with Crippen LogP contribution in [0.4, 0.5) is 0 Å². The fourth-order valence-electron chi connectivity index (χ4n) is 3.53. The quantitative estimate of drug-likeness (QED) is 0.575. The van der Waals surface area contributed by atoms with Gasteiger partial charge in [0, 0.05) is 13.1 Å². The summed E-state index contributed by atoms with van der Waals surface area (Å²) in [5.74, 6) is 4.04. The third-order valence-corrected chi connectivity index (χ3v) is 5.01. The highest BCUT2D eigenvalue weighted by Gasteiger charge is 2.18. The lowest BCUT2D eigenvalue weighted by Crippen LogP contribution is -2.35. The highest BCUT2D eigenvalue weighted by Crippen LogP contribution is 2.33. The van der Waals surface area contributed by atoms with Gasteiger partial charge < -0.3 is 23.7 Å². The second kappa shape index (κ2) is 9.24. The molecule has 3 aromatic rings. The Labute approximate surface area is 176 Å². The maximum Gasteiger partial charge on any atom is 0.231 e. The van der Waals surface area contributed by atoms with Crippen LogP contribution in [0.25, 0.3) is 0 Å². The fourth-order valence-corrected chi connectivity index (χ4v) is 3.53. The van der Waals surface area contributed by atoms with Crippen LogP contribution in [0.15, 0.2) is 59.0 Å². The number of hydrogen-bond donors (Lipinski definition) is 1. The third kappa shape index (κ3) is 5.14. The number of benzene rings is 2. The Kier molecular flexibility index (Phi) is 6.26. The molecule has 1 atom stereocenters. The van der Waals surface area contributed by atoms with Gasteiger partial charge in [-0.25, -0.2) is 0 Å². The van der Waals surface area contributed by atoms with Gasteiger partial charge in [-0.1, -0.05) is 24.3 Å². The average molecular weight is 409 g/mol. The molecule has 0 saturated carbocycles. The van der Waals surface area contributed by atoms with Gasteiger partial charge in [-0.05, 0) is 55.3 Å². The first-order chi connectivity index (χ1) is 14.6. The Morgan fingerprint density at radius 3 is 2.63 bits per heavy atom. The molecular formula is C24H27NO5. The zero-order valence-electron chi connectivity index (χ0n) is 17.3. The maximum atomic E-state index is 10.6. The van der Waals surface area contributed by atoms with Crippen LogP contribution in [0, 0.1) is 13.8 Å². The Balaban J connectivity index is 1.42. The van der Waals surface area contributed by atoms with Crippen molar-refractivity contribution in [2.24, 2.45) is 0 Å². The van der Waals surface area contributed by atoms with E-state index in [4.69, 9.17) is 18.6 Å². The van der Waals surface area contributed by atoms with Gasteiger partial charge >= 0.3 is 0 Å². The third-order valence-electron chi connectivity index (χ3n) is 5.01. The SMILES string of the molecule is Cc1ccc(CN(Cc2ccc3c(c2)OCO3)C[C@@H](O)COc2ccccc2C)o1. The van der Waals surface area contributed by atoms with Crippen molar-refractivity contribution in [3.63, 3.8) is 0 Å². The first-order valence-electron chi connectivity index (χ1n) is 10.1. The number of fused-ring (bicyclic) bond motifs is 1. The highest BCUT2D eigenvalue weighted by atomic mass is 16.7. The van der Waals surface area contributed by atoms with E-state index in [9.17, 15) is 5.11 Å². The van der Waals surface area contributed by atoms with Crippen molar-refractivity contribution in [1.29, 1.82) is 0 Å². The number of nitrogens with zero attached hydrogens (tertiary/aromatic N) is 1. The summed E-state index contributed by atoms with van der Waals surface area (Å²) < 4.78 is 22.5. The first kappa shape index (κ1) is 20.3. The van der Waals surface area contributed by atoms with Crippen LogP contribution in [0.5, 0.6) is 17.2 Å². The van der Waals surface area contributed by atoms with E-state index >= 15 is 0 Å². The summed E-state index contributed by atoms with van der Waals surface area (Å²) in [6.07, 6.45) is -0.644. The van der Waals surface area contributed by atoms with Gasteiger partial charge in [0.15, 0.2) is 11.5 Å². The Bertz CT molecular complexity index is 983. The van der Waals surface area contributed by atoms with Crippen molar-refractivity contribution < 1.29 is 23.7 Å². The molecule has 1 N–H and O–H groups in total. The molecule has 0 fully saturated rings. The van der Waals surface area contributed by atoms with Crippen LogP contribution >= 0.6 is 0 Å². The van der Waals surface area contributed by atoms with Crippen molar-refractivity contribution in [3.05, 3.63) is 77.2 Å². The summed E-state index contributed by atoms with van der Waals surface area (Å²) in [6.45, 7) is 6.06. The largest absolute Gasteiger partial charge is 0.491 e. The summed E-state index contributed by atoms with van der Waals surface area (Å²) in [4.78, 5) is 2.14. The van der Waals surface area contributed by atoms with Crippen molar-refractivity contribution >= 4 is 0 Å². The molecule has 6 heteroatoms. The molecule has 0 unspecified atom stereocenters. The van der Waals surface area contributed by atoms with E-state index in [0.717, 1.165) is 39.9 Å². The predicted octanol–water partition coefficient (Wildman–Crippen LogP) is 4.07. The number of aryl methyl sites for hydroxylation is 2. The smallest absolute Gasteiger partial charge is 0.231 e. The molecule has 0 radical (unpaired) electrons. The first-order valence-corrected chi connectivity index (χ1v) is 10.1. The van der Waals surface area contributed by atoms with Gasteiger partial charge in [0.25, 0.3) is 0 Å². The summed E-state index contributed by atoms with van der Waals surface area (Å²) >= 11 is 0. The van der Waals surface area contributed by atoms with E-state index in [1.54, 1.807) is 0 Å². The molecule has 2 heterocycles. The fraction of sp³-hybridized carbons (Fsp3) is 0.333. The molecule has 158 valence electrons. The molecule has 30 heavy (non-hydrogen) atoms. The number of furan rings is 1. The molecule has 0 spiro atoms. The monoisotopic (exact) mass is 409 g/mol. The molecule has 6 nitrogen and oxygen atoms in total. The number of aliphatic hydroxyl groups excluding tert-OH is 1. The van der Waals surface area contributed by atoms with Gasteiger partial charge in [-0.15, -0.1) is 0 Å². The summed E-state index contributed by atoms with van der Waals surface area (Å²) in [5, 5.41) is 10.6. The van der Waals surface area contributed by atoms with Crippen molar-refractivity contribution in [2.75, 3.05) is 19.9 Å². The number of aliphatic hydroxyl groups is 1. The lowest BCUT2D eigenvalue weighted by atomic mass is 10.1. The van der Waals surface area contributed by atoms with Crippen LogP contribution < -0.4 is 14.2 Å². The van der Waals surface area contributed by atoms with Crippen molar-refractivity contribution in [3.8, 4) is 17.2 Å². The minimum absolute atomic E-state index is 0.222. The van der Waals surface area contributed by atoms with Crippen molar-refractivity contribution in [2.45, 2.75) is 33.0 Å². The van der Waals surface area contributed by atoms with Gasteiger partial charge in [0.1, 0.15) is 30.0 Å². The minimum atomic E-state index is -0.644. The molecule has 0 bridgehead atoms. The van der Waals surface area contributed by atoms with Crippen LogP contribution in [0.1, 0.15) is 22.6 Å². The van der Waals surface area contributed by atoms with E-state index < -0.39 is 6.10 Å². The highest BCUT2D eigenvalue weighted by molar-refractivity contribution is 5.44. The Morgan fingerprint density at radius 2 is 1.83 bits per heavy atom. The molecule has 2 aromatic carbocycles. The molecular weight excluding hydrogens is 382 g/mol. The van der Waals surface area contributed by atoms with Crippen molar-refractivity contribution in [1.82, 2.24) is 4.90 Å². The van der Waals surface area contributed by atoms with Gasteiger partial charge in [-0.2, -0.15) is 0 Å². The summed E-state index contributed by atoms with van der Waals surface area (Å²) in [6, 6.07) is 17.7. The molecule has 1 aromatic heterocycles. The normalized spacial score (nSPS) is 13.6. The van der Waals surface area contributed by atoms with E-state index in [0.29, 0.717) is 19.6 Å². The standard InChI is InChI=1S/C24H27NO5/c1-17-5-3-4-6-22(17)27-15-20(26)13-25(14-21-9-7-18(2)30-21)12-19-8-10-23-24(11-19)29-16-28-23/h3-11,20,26H,12-16H2,1-2H3/t20-/m1/s1. The van der Waals surface area contributed by atoms with Crippen LogP contribution in [0.2, 0.25) is 0 Å².